The minimum absolute atomic E-state index is 0.0347. The normalized spacial score (nSPS) is 16.6. The molecule has 1 aliphatic rings. The predicted molar refractivity (Wildman–Crippen MR) is 108 cm³/mol. The van der Waals surface area contributed by atoms with Gasteiger partial charge in [-0.2, -0.15) is 4.98 Å². The highest BCUT2D eigenvalue weighted by atomic mass is 16.5. The Labute approximate surface area is 164 Å². The highest BCUT2D eigenvalue weighted by Crippen LogP contribution is 2.30. The maximum atomic E-state index is 12.5. The number of anilines is 1. The average Bonchev–Trinajstić information content (AvgIpc) is 3.31. The first-order valence-electron chi connectivity index (χ1n) is 9.44. The Hall–Kier alpha value is -3.15. The second-order valence-electron chi connectivity index (χ2n) is 7.56. The molecule has 1 aromatic heterocycles. The lowest BCUT2D eigenvalue weighted by Crippen LogP contribution is -2.24. The molecule has 0 N–H and O–H groups in total. The van der Waals surface area contributed by atoms with Crippen molar-refractivity contribution in [3.63, 3.8) is 0 Å². The van der Waals surface area contributed by atoms with E-state index in [0.717, 1.165) is 16.8 Å². The Balaban J connectivity index is 1.48. The van der Waals surface area contributed by atoms with E-state index in [0.29, 0.717) is 31.2 Å². The molecule has 0 spiro atoms. The zero-order chi connectivity index (χ0) is 19.7. The summed E-state index contributed by atoms with van der Waals surface area (Å²) in [6.45, 7) is 3.29. The number of amides is 1. The van der Waals surface area contributed by atoms with Gasteiger partial charge in [-0.3, -0.25) is 4.79 Å². The van der Waals surface area contributed by atoms with Crippen LogP contribution in [-0.4, -0.2) is 41.6 Å². The highest BCUT2D eigenvalue weighted by molar-refractivity contribution is 5.79. The third-order valence-corrected chi connectivity index (χ3v) is 5.12. The van der Waals surface area contributed by atoms with E-state index in [2.05, 4.69) is 41.3 Å². The van der Waals surface area contributed by atoms with Crippen LogP contribution >= 0.6 is 0 Å². The van der Waals surface area contributed by atoms with Crippen LogP contribution in [0.4, 0.5) is 5.69 Å². The number of likely N-dealkylation sites (tertiary alicyclic amines) is 1. The lowest BCUT2D eigenvalue weighted by molar-refractivity contribution is -0.128. The van der Waals surface area contributed by atoms with E-state index < -0.39 is 0 Å². The highest BCUT2D eigenvalue weighted by Gasteiger charge is 2.33. The minimum Gasteiger partial charge on any atom is -0.378 e. The molecule has 1 fully saturated rings. The molecule has 0 saturated carbocycles. The van der Waals surface area contributed by atoms with Crippen molar-refractivity contribution in [3.05, 3.63) is 65.5 Å². The van der Waals surface area contributed by atoms with Crippen molar-refractivity contribution in [1.82, 2.24) is 15.0 Å². The first kappa shape index (κ1) is 18.2. The Morgan fingerprint density at radius 2 is 1.96 bits per heavy atom. The fourth-order valence-electron chi connectivity index (χ4n) is 3.45. The number of carbonyl (C=O) groups excluding carboxylic acids is 1. The maximum Gasteiger partial charge on any atom is 0.258 e. The summed E-state index contributed by atoms with van der Waals surface area (Å²) in [6.07, 6.45) is 0.419. The third kappa shape index (κ3) is 3.76. The third-order valence-electron chi connectivity index (χ3n) is 5.12. The topological polar surface area (TPSA) is 62.5 Å². The van der Waals surface area contributed by atoms with Gasteiger partial charge in [0, 0.05) is 50.8 Å². The van der Waals surface area contributed by atoms with Gasteiger partial charge in [-0.25, -0.2) is 0 Å². The minimum atomic E-state index is -0.0347. The number of hydrogen-bond acceptors (Lipinski definition) is 5. The molecule has 1 saturated heterocycles. The van der Waals surface area contributed by atoms with Gasteiger partial charge in [-0.1, -0.05) is 41.1 Å². The number of rotatable bonds is 5. The van der Waals surface area contributed by atoms with E-state index in [4.69, 9.17) is 4.52 Å². The van der Waals surface area contributed by atoms with Crippen molar-refractivity contribution in [3.8, 4) is 11.5 Å². The van der Waals surface area contributed by atoms with Crippen molar-refractivity contribution >= 4 is 11.6 Å². The van der Waals surface area contributed by atoms with E-state index in [9.17, 15) is 4.79 Å². The molecule has 0 bridgehead atoms. The molecule has 0 radical (unpaired) electrons. The zero-order valence-corrected chi connectivity index (χ0v) is 16.4. The Morgan fingerprint density at radius 1 is 1.18 bits per heavy atom. The lowest BCUT2D eigenvalue weighted by Gasteiger charge is -2.16. The number of aromatic nitrogens is 2. The summed E-state index contributed by atoms with van der Waals surface area (Å²) in [4.78, 5) is 20.9. The fraction of sp³-hybridized carbons (Fsp3) is 0.318. The molecule has 28 heavy (non-hydrogen) atoms. The van der Waals surface area contributed by atoms with Crippen molar-refractivity contribution < 1.29 is 9.32 Å². The summed E-state index contributed by atoms with van der Waals surface area (Å²) in [7, 11) is 3.98. The number of aryl methyl sites for hydroxylation is 1. The summed E-state index contributed by atoms with van der Waals surface area (Å²) < 4.78 is 5.49. The van der Waals surface area contributed by atoms with Crippen molar-refractivity contribution in [2.75, 3.05) is 25.5 Å². The summed E-state index contributed by atoms with van der Waals surface area (Å²) in [5.74, 6) is 1.19. The second-order valence-corrected chi connectivity index (χ2v) is 7.56. The van der Waals surface area contributed by atoms with E-state index >= 15 is 0 Å². The Morgan fingerprint density at radius 3 is 2.71 bits per heavy atom. The average molecular weight is 376 g/mol. The fourth-order valence-corrected chi connectivity index (χ4v) is 3.45. The van der Waals surface area contributed by atoms with Crippen LogP contribution in [0.25, 0.3) is 11.5 Å². The van der Waals surface area contributed by atoms with Crippen LogP contribution in [0.15, 0.2) is 53.1 Å². The largest absolute Gasteiger partial charge is 0.378 e. The van der Waals surface area contributed by atoms with E-state index in [1.165, 1.54) is 5.56 Å². The second kappa shape index (κ2) is 7.46. The van der Waals surface area contributed by atoms with Gasteiger partial charge in [-0.15, -0.1) is 0 Å². The van der Waals surface area contributed by atoms with Gasteiger partial charge in [0.2, 0.25) is 5.91 Å². The van der Waals surface area contributed by atoms with Crippen LogP contribution < -0.4 is 4.90 Å². The molecular formula is C22H24N4O2. The van der Waals surface area contributed by atoms with Crippen molar-refractivity contribution in [1.29, 1.82) is 0 Å². The standard InChI is InChI=1S/C22H24N4O2/c1-15-7-9-16(10-8-15)13-26-14-18(12-20(26)27)21-23-22(28-24-21)17-5-4-6-19(11-17)25(2)3/h4-11,18H,12-14H2,1-3H3. The van der Waals surface area contributed by atoms with Gasteiger partial charge in [0.05, 0.1) is 0 Å². The predicted octanol–water partition coefficient (Wildman–Crippen LogP) is 3.63. The molecule has 3 aromatic rings. The van der Waals surface area contributed by atoms with Crippen LogP contribution in [-0.2, 0) is 11.3 Å². The Bertz CT molecular complexity index is 978. The molecule has 1 unspecified atom stereocenters. The molecule has 1 aliphatic heterocycles. The quantitative estimate of drug-likeness (QED) is 0.680. The van der Waals surface area contributed by atoms with Gasteiger partial charge >= 0.3 is 0 Å². The molecule has 2 heterocycles. The van der Waals surface area contributed by atoms with E-state index in [1.807, 2.05) is 48.2 Å². The first-order valence-corrected chi connectivity index (χ1v) is 9.44. The van der Waals surface area contributed by atoms with Crippen LogP contribution in [0.2, 0.25) is 0 Å². The van der Waals surface area contributed by atoms with Gasteiger partial charge in [0.15, 0.2) is 5.82 Å². The monoisotopic (exact) mass is 376 g/mol. The molecule has 144 valence electrons. The smallest absolute Gasteiger partial charge is 0.258 e. The van der Waals surface area contributed by atoms with E-state index in [-0.39, 0.29) is 11.8 Å². The number of nitrogens with zero attached hydrogens (tertiary/aromatic N) is 4. The molecule has 2 aromatic carbocycles. The molecular weight excluding hydrogens is 352 g/mol. The van der Waals surface area contributed by atoms with Crippen molar-refractivity contribution in [2.24, 2.45) is 0 Å². The van der Waals surface area contributed by atoms with Gasteiger partial charge < -0.3 is 14.3 Å². The molecule has 1 amide bonds. The van der Waals surface area contributed by atoms with E-state index in [1.54, 1.807) is 0 Å². The van der Waals surface area contributed by atoms with Crippen LogP contribution in [0.3, 0.4) is 0 Å². The molecule has 4 rings (SSSR count). The lowest BCUT2D eigenvalue weighted by atomic mass is 10.1. The van der Waals surface area contributed by atoms with Gasteiger partial charge in [-0.05, 0) is 30.7 Å². The van der Waals surface area contributed by atoms with Crippen LogP contribution in [0.1, 0.15) is 29.3 Å². The number of hydrogen-bond donors (Lipinski definition) is 0. The molecule has 6 nitrogen and oxygen atoms in total. The molecule has 6 heteroatoms. The number of benzene rings is 2. The summed E-state index contributed by atoms with van der Waals surface area (Å²) >= 11 is 0. The number of carbonyl (C=O) groups is 1. The van der Waals surface area contributed by atoms with Crippen molar-refractivity contribution in [2.45, 2.75) is 25.8 Å². The summed E-state index contributed by atoms with van der Waals surface area (Å²) in [5, 5.41) is 4.16. The maximum absolute atomic E-state index is 12.5. The summed E-state index contributed by atoms with van der Waals surface area (Å²) in [6, 6.07) is 16.2. The molecule has 0 aliphatic carbocycles. The van der Waals surface area contributed by atoms with Gasteiger partial charge in [0.1, 0.15) is 0 Å². The zero-order valence-electron chi connectivity index (χ0n) is 16.4. The molecule has 1 atom stereocenters. The Kier molecular flexibility index (Phi) is 4.86. The van der Waals surface area contributed by atoms with Crippen LogP contribution in [0, 0.1) is 6.92 Å². The van der Waals surface area contributed by atoms with Crippen LogP contribution in [0.5, 0.6) is 0 Å². The first-order chi connectivity index (χ1) is 13.5. The van der Waals surface area contributed by atoms with Gasteiger partial charge in [0.25, 0.3) is 5.89 Å². The summed E-state index contributed by atoms with van der Waals surface area (Å²) in [5.41, 5.74) is 4.30. The SMILES string of the molecule is Cc1ccc(CN2CC(c3noc(-c4cccc(N(C)C)c4)n3)CC2=O)cc1.